The van der Waals surface area contributed by atoms with Gasteiger partial charge in [0.25, 0.3) is 5.91 Å². The summed E-state index contributed by atoms with van der Waals surface area (Å²) in [5, 5.41) is 14.1. The maximum atomic E-state index is 12.5. The summed E-state index contributed by atoms with van der Waals surface area (Å²) in [5.41, 5.74) is 2.14. The molecule has 0 N–H and O–H groups in total. The first-order chi connectivity index (χ1) is 12.0. The Kier molecular flexibility index (Phi) is 4.55. The van der Waals surface area contributed by atoms with Crippen LogP contribution in [0.15, 0.2) is 52.5 Å². The fourth-order valence-corrected chi connectivity index (χ4v) is 2.65. The van der Waals surface area contributed by atoms with Crippen LogP contribution in [-0.4, -0.2) is 15.7 Å². The first-order valence-electron chi connectivity index (χ1n) is 7.53. The summed E-state index contributed by atoms with van der Waals surface area (Å²) in [6, 6.07) is 14.4. The van der Waals surface area contributed by atoms with Gasteiger partial charge in [0.2, 0.25) is 0 Å². The van der Waals surface area contributed by atoms with Gasteiger partial charge in [0, 0.05) is 22.4 Å². The van der Waals surface area contributed by atoms with Gasteiger partial charge in [-0.1, -0.05) is 23.7 Å². The quantitative estimate of drug-likeness (QED) is 0.508. The van der Waals surface area contributed by atoms with Crippen molar-refractivity contribution in [3.8, 4) is 17.4 Å². The Hall–Kier alpha value is -3.10. The number of carbonyl (C=O) groups excluding carboxylic acids is 1. The number of carbonyl (C=O) groups is 1. The lowest BCUT2D eigenvalue weighted by Gasteiger charge is -2.01. The molecule has 1 aromatic carbocycles. The number of hydrogen-bond acceptors (Lipinski definition) is 4. The summed E-state index contributed by atoms with van der Waals surface area (Å²) in [5.74, 6) is 0.514. The van der Waals surface area contributed by atoms with Gasteiger partial charge in [-0.3, -0.25) is 4.79 Å². The fourth-order valence-electron chi connectivity index (χ4n) is 2.46. The highest BCUT2D eigenvalue weighted by Crippen LogP contribution is 2.25. The maximum absolute atomic E-state index is 12.5. The van der Waals surface area contributed by atoms with E-state index < -0.39 is 5.91 Å². The number of rotatable bonds is 3. The van der Waals surface area contributed by atoms with Gasteiger partial charge in [0.1, 0.15) is 23.2 Å². The average molecular weight is 352 g/mol. The molecule has 0 aliphatic carbocycles. The Bertz CT molecular complexity index is 1020. The van der Waals surface area contributed by atoms with Crippen LogP contribution in [0.2, 0.25) is 5.02 Å². The Labute approximate surface area is 149 Å². The Morgan fingerprint density at radius 1 is 1.28 bits per heavy atom. The number of nitriles is 1. The van der Waals surface area contributed by atoms with E-state index in [0.717, 1.165) is 5.56 Å². The van der Waals surface area contributed by atoms with Crippen molar-refractivity contribution in [2.45, 2.75) is 13.8 Å². The summed E-state index contributed by atoms with van der Waals surface area (Å²) in [7, 11) is 0. The zero-order valence-corrected chi connectivity index (χ0v) is 14.4. The van der Waals surface area contributed by atoms with Crippen molar-refractivity contribution in [1.29, 1.82) is 5.26 Å². The van der Waals surface area contributed by atoms with Gasteiger partial charge >= 0.3 is 0 Å². The SMILES string of the molecule is Cc1cc(C)n(C(=O)/C(C#N)=C/c2ccc(-c3cccc(Cl)c3)o2)n1. The smallest absolute Gasteiger partial charge is 0.289 e. The third kappa shape index (κ3) is 3.54. The summed E-state index contributed by atoms with van der Waals surface area (Å²) < 4.78 is 6.92. The lowest BCUT2D eigenvalue weighted by Crippen LogP contribution is -2.15. The minimum Gasteiger partial charge on any atom is -0.457 e. The zero-order valence-electron chi connectivity index (χ0n) is 13.7. The molecular weight excluding hydrogens is 338 g/mol. The van der Waals surface area contributed by atoms with Crippen LogP contribution < -0.4 is 0 Å². The first kappa shape index (κ1) is 16.7. The normalized spacial score (nSPS) is 11.4. The highest BCUT2D eigenvalue weighted by atomic mass is 35.5. The van der Waals surface area contributed by atoms with Gasteiger partial charge in [0.05, 0.1) is 5.69 Å². The molecule has 2 aromatic heterocycles. The number of hydrogen-bond donors (Lipinski definition) is 0. The molecule has 0 atom stereocenters. The Morgan fingerprint density at radius 3 is 2.72 bits per heavy atom. The number of aryl methyl sites for hydroxylation is 2. The van der Waals surface area contributed by atoms with E-state index in [1.165, 1.54) is 10.8 Å². The fraction of sp³-hybridized carbons (Fsp3) is 0.105. The molecular formula is C19H14ClN3O2. The van der Waals surface area contributed by atoms with Crippen molar-refractivity contribution in [2.75, 3.05) is 0 Å². The topological polar surface area (TPSA) is 71.8 Å². The second-order valence-corrected chi connectivity index (χ2v) is 5.96. The number of halogens is 1. The van der Waals surface area contributed by atoms with Crippen molar-refractivity contribution < 1.29 is 9.21 Å². The van der Waals surface area contributed by atoms with Crippen molar-refractivity contribution >= 4 is 23.6 Å². The van der Waals surface area contributed by atoms with Crippen LogP contribution >= 0.6 is 11.6 Å². The van der Waals surface area contributed by atoms with Crippen molar-refractivity contribution in [3.05, 3.63) is 70.2 Å². The van der Waals surface area contributed by atoms with Crippen LogP contribution in [0.5, 0.6) is 0 Å². The number of aromatic nitrogens is 2. The van der Waals surface area contributed by atoms with E-state index >= 15 is 0 Å². The zero-order chi connectivity index (χ0) is 18.0. The Balaban J connectivity index is 1.92. The van der Waals surface area contributed by atoms with E-state index in [-0.39, 0.29) is 5.57 Å². The van der Waals surface area contributed by atoms with E-state index in [1.54, 1.807) is 44.2 Å². The summed E-state index contributed by atoms with van der Waals surface area (Å²) >= 11 is 5.98. The molecule has 0 fully saturated rings. The molecule has 0 bridgehead atoms. The molecule has 0 radical (unpaired) electrons. The number of furan rings is 1. The van der Waals surface area contributed by atoms with Gasteiger partial charge in [-0.2, -0.15) is 10.4 Å². The van der Waals surface area contributed by atoms with Crippen LogP contribution in [0.25, 0.3) is 17.4 Å². The van der Waals surface area contributed by atoms with Gasteiger partial charge < -0.3 is 4.42 Å². The summed E-state index contributed by atoms with van der Waals surface area (Å²) in [6.45, 7) is 3.55. The molecule has 0 unspecified atom stereocenters. The summed E-state index contributed by atoms with van der Waals surface area (Å²) in [4.78, 5) is 12.5. The molecule has 0 saturated heterocycles. The average Bonchev–Trinajstić information content (AvgIpc) is 3.18. The molecule has 0 saturated carbocycles. The van der Waals surface area contributed by atoms with Gasteiger partial charge in [-0.05, 0) is 44.2 Å². The minimum atomic E-state index is -0.492. The van der Waals surface area contributed by atoms with E-state index in [9.17, 15) is 10.1 Å². The predicted octanol–water partition coefficient (Wildman–Crippen LogP) is 4.66. The molecule has 0 aliphatic heterocycles. The van der Waals surface area contributed by atoms with Crippen LogP contribution in [-0.2, 0) is 0 Å². The summed E-state index contributed by atoms with van der Waals surface area (Å²) in [6.07, 6.45) is 1.41. The molecule has 0 amide bonds. The van der Waals surface area contributed by atoms with Crippen LogP contribution in [0.4, 0.5) is 0 Å². The Morgan fingerprint density at radius 2 is 2.08 bits per heavy atom. The van der Waals surface area contributed by atoms with Gasteiger partial charge in [0.15, 0.2) is 0 Å². The van der Waals surface area contributed by atoms with E-state index in [1.807, 2.05) is 18.2 Å². The van der Waals surface area contributed by atoms with Crippen LogP contribution in [0.1, 0.15) is 21.9 Å². The molecule has 3 rings (SSSR count). The number of benzene rings is 1. The van der Waals surface area contributed by atoms with Crippen molar-refractivity contribution in [2.24, 2.45) is 0 Å². The van der Waals surface area contributed by atoms with Crippen molar-refractivity contribution in [3.63, 3.8) is 0 Å². The van der Waals surface area contributed by atoms with Gasteiger partial charge in [-0.15, -0.1) is 0 Å². The van der Waals surface area contributed by atoms with Crippen molar-refractivity contribution in [1.82, 2.24) is 9.78 Å². The lowest BCUT2D eigenvalue weighted by molar-refractivity contribution is 0.0943. The maximum Gasteiger partial charge on any atom is 0.289 e. The molecule has 2 heterocycles. The molecule has 6 heteroatoms. The van der Waals surface area contributed by atoms with E-state index in [4.69, 9.17) is 16.0 Å². The second-order valence-electron chi connectivity index (χ2n) is 5.53. The molecule has 5 nitrogen and oxygen atoms in total. The van der Waals surface area contributed by atoms with Crippen LogP contribution in [0, 0.1) is 25.2 Å². The molecule has 0 spiro atoms. The predicted molar refractivity (Wildman–Crippen MR) is 95.1 cm³/mol. The largest absolute Gasteiger partial charge is 0.457 e. The van der Waals surface area contributed by atoms with Gasteiger partial charge in [-0.25, -0.2) is 4.68 Å². The highest BCUT2D eigenvalue weighted by Gasteiger charge is 2.16. The molecule has 25 heavy (non-hydrogen) atoms. The third-order valence-corrected chi connectivity index (χ3v) is 3.81. The highest BCUT2D eigenvalue weighted by molar-refractivity contribution is 6.30. The number of nitrogens with zero attached hydrogens (tertiary/aromatic N) is 3. The van der Waals surface area contributed by atoms with E-state index in [2.05, 4.69) is 5.10 Å². The molecule has 3 aromatic rings. The lowest BCUT2D eigenvalue weighted by atomic mass is 10.2. The molecule has 0 aliphatic rings. The second kappa shape index (κ2) is 6.80. The standard InChI is InChI=1S/C19H14ClN3O2/c1-12-8-13(2)23(22-12)19(24)15(11-21)10-17-6-7-18(25-17)14-4-3-5-16(20)9-14/h3-10H,1-2H3/b15-10+. The monoisotopic (exact) mass is 351 g/mol. The third-order valence-electron chi connectivity index (χ3n) is 3.58. The minimum absolute atomic E-state index is 0.0572. The number of allylic oxidation sites excluding steroid dienone is 1. The van der Waals surface area contributed by atoms with Crippen LogP contribution in [0.3, 0.4) is 0 Å². The first-order valence-corrected chi connectivity index (χ1v) is 7.91. The van der Waals surface area contributed by atoms with E-state index in [0.29, 0.717) is 27.9 Å². The molecule has 124 valence electrons.